The van der Waals surface area contributed by atoms with Crippen molar-refractivity contribution in [2.45, 2.75) is 88.5 Å². The third-order valence-corrected chi connectivity index (χ3v) is 13.5. The molecule has 504 valence electrons. The lowest BCUT2D eigenvalue weighted by Crippen LogP contribution is -2.51. The monoisotopic (exact) mass is 1300 g/mol. The zero-order valence-corrected chi connectivity index (χ0v) is 52.3. The number of ether oxygens (including phenoxy) is 4. The lowest BCUT2D eigenvalue weighted by atomic mass is 10.1. The van der Waals surface area contributed by atoms with Crippen molar-refractivity contribution in [2.24, 2.45) is 77.3 Å². The predicted molar refractivity (Wildman–Crippen MR) is 353 cm³/mol. The minimum absolute atomic E-state index is 0.00188. The van der Waals surface area contributed by atoms with E-state index >= 15 is 0 Å². The quantitative estimate of drug-likeness (QED) is 0.0102. The van der Waals surface area contributed by atoms with Gasteiger partial charge in [-0.3, -0.25) is 58.3 Å². The van der Waals surface area contributed by atoms with Gasteiger partial charge in [-0.1, -0.05) is 0 Å². The first-order chi connectivity index (χ1) is 44.3. The normalized spacial score (nSPS) is 12.2. The van der Waals surface area contributed by atoms with Crippen molar-refractivity contribution in [1.29, 1.82) is 0 Å². The van der Waals surface area contributed by atoms with Crippen molar-refractivity contribution in [3.05, 3.63) is 89.5 Å². The molecule has 0 saturated carbocycles. The lowest BCUT2D eigenvalue weighted by Gasteiger charge is -2.23. The lowest BCUT2D eigenvalue weighted by molar-refractivity contribution is -0.127. The number of carbonyl (C=O) groups is 8. The van der Waals surface area contributed by atoms with E-state index in [0.717, 1.165) is 0 Å². The molecule has 0 unspecified atom stereocenters. The number of amides is 8. The molecule has 0 bridgehead atoms. The van der Waals surface area contributed by atoms with Crippen molar-refractivity contribution in [3.8, 4) is 23.0 Å². The summed E-state index contributed by atoms with van der Waals surface area (Å²) in [5, 5.41) is 19.0. The number of hydrogen-bond donors (Lipinski definition) is 19. The Bertz CT molecular complexity index is 3380. The van der Waals surface area contributed by atoms with Crippen LogP contribution in [0.15, 0.2) is 92.8 Å². The average molecular weight is 1300 g/mol. The zero-order valence-electron chi connectivity index (χ0n) is 52.3. The first-order valence-electron chi connectivity index (χ1n) is 28.9. The smallest absolute Gasteiger partial charge is 0.255 e. The van der Waals surface area contributed by atoms with E-state index < -0.39 is 77.5 Å². The van der Waals surface area contributed by atoms with E-state index in [0.29, 0.717) is 6.42 Å². The summed E-state index contributed by atoms with van der Waals surface area (Å²) < 4.78 is 21.7. The molecule has 4 aromatic carbocycles. The third-order valence-electron chi connectivity index (χ3n) is 13.5. The van der Waals surface area contributed by atoms with E-state index in [1.54, 1.807) is 0 Å². The van der Waals surface area contributed by atoms with Crippen LogP contribution < -0.4 is 124 Å². The SMILES string of the molecule is COc1ccc(NC(=O)[C@@H](CCCN=C(N)N)NC(=O)c2cc(NC(=O)[C@H](N)CCCN=C(N)N)ccc2OC)cc1NN[C@H](CCCN=C(N)N)C(=O)N[C@@H](C)C(=O)Nc1ccc(OC)c(C(=O)N[C@H](CCCN=C(N)N)C(=O)Nc2ccc(OC)c(C(N)=O)c2)c1. The van der Waals surface area contributed by atoms with Gasteiger partial charge in [-0.15, -0.1) is 0 Å². The third kappa shape index (κ3) is 24.9. The Hall–Kier alpha value is -11.4. The van der Waals surface area contributed by atoms with E-state index in [2.05, 4.69) is 68.0 Å². The molecule has 0 aliphatic heterocycles. The summed E-state index contributed by atoms with van der Waals surface area (Å²) in [6.07, 6.45) is 1.61. The van der Waals surface area contributed by atoms with Gasteiger partial charge in [0, 0.05) is 48.9 Å². The second-order valence-electron chi connectivity index (χ2n) is 20.5. The molecule has 35 heteroatoms. The first kappa shape index (κ1) is 74.1. The number of nitrogens with two attached hydrogens (primary N) is 10. The Kier molecular flexibility index (Phi) is 30.0. The number of anilines is 5. The fourth-order valence-electron chi connectivity index (χ4n) is 8.72. The molecule has 4 rings (SSSR count). The number of nitrogens with one attached hydrogen (secondary N) is 9. The van der Waals surface area contributed by atoms with Crippen molar-refractivity contribution in [1.82, 2.24) is 21.4 Å². The molecule has 5 atom stereocenters. The molecule has 35 nitrogen and oxygen atoms in total. The van der Waals surface area contributed by atoms with Crippen molar-refractivity contribution in [3.63, 3.8) is 0 Å². The van der Waals surface area contributed by atoms with E-state index in [-0.39, 0.29) is 163 Å². The molecule has 0 heterocycles. The second-order valence-corrected chi connectivity index (χ2v) is 20.5. The van der Waals surface area contributed by atoms with Crippen molar-refractivity contribution >= 4 is 99.5 Å². The fourth-order valence-corrected chi connectivity index (χ4v) is 8.72. The summed E-state index contributed by atoms with van der Waals surface area (Å²) >= 11 is 0. The van der Waals surface area contributed by atoms with Crippen LogP contribution in [0.2, 0.25) is 0 Å². The molecule has 0 aromatic heterocycles. The van der Waals surface area contributed by atoms with Crippen LogP contribution in [-0.2, 0) is 24.0 Å². The van der Waals surface area contributed by atoms with Gasteiger partial charge in [-0.2, -0.15) is 0 Å². The van der Waals surface area contributed by atoms with Gasteiger partial charge in [0.25, 0.3) is 17.7 Å². The summed E-state index contributed by atoms with van der Waals surface area (Å²) in [4.78, 5) is 125. The van der Waals surface area contributed by atoms with E-state index in [1.807, 2.05) is 0 Å². The highest BCUT2D eigenvalue weighted by molar-refractivity contribution is 6.06. The van der Waals surface area contributed by atoms with Crippen LogP contribution in [-0.4, -0.2) is 156 Å². The maximum atomic E-state index is 14.2. The number of primary amides is 1. The Balaban J connectivity index is 1.52. The average Bonchev–Trinajstić information content (AvgIpc) is 1.14. The van der Waals surface area contributed by atoms with Crippen LogP contribution in [0.3, 0.4) is 0 Å². The summed E-state index contributed by atoms with van der Waals surface area (Å²) in [7, 11) is 5.40. The molecule has 4 aromatic rings. The maximum absolute atomic E-state index is 14.2. The van der Waals surface area contributed by atoms with Gasteiger partial charge in [0.1, 0.15) is 47.2 Å². The Morgan fingerprint density at radius 2 is 0.753 bits per heavy atom. The summed E-state index contributed by atoms with van der Waals surface area (Å²) in [6, 6.07) is 11.7. The van der Waals surface area contributed by atoms with Crippen LogP contribution in [0, 0.1) is 0 Å². The van der Waals surface area contributed by atoms with Crippen molar-refractivity contribution < 1.29 is 57.3 Å². The highest BCUT2D eigenvalue weighted by Crippen LogP contribution is 2.29. The van der Waals surface area contributed by atoms with Crippen LogP contribution in [0.4, 0.5) is 28.4 Å². The molecule has 0 aliphatic carbocycles. The number of rotatable bonds is 38. The van der Waals surface area contributed by atoms with E-state index in [1.165, 1.54) is 108 Å². The summed E-state index contributed by atoms with van der Waals surface area (Å²) in [6.45, 7) is 2.06. The molecule has 8 amide bonds. The Morgan fingerprint density at radius 3 is 1.15 bits per heavy atom. The molecule has 0 radical (unpaired) electrons. The van der Waals surface area contributed by atoms with Gasteiger partial charge < -0.3 is 119 Å². The van der Waals surface area contributed by atoms with Crippen molar-refractivity contribution in [2.75, 3.05) is 81.3 Å². The van der Waals surface area contributed by atoms with Gasteiger partial charge in [0.2, 0.25) is 29.5 Å². The fraction of sp³-hybridized carbons (Fsp3) is 0.379. The molecule has 0 saturated heterocycles. The number of hydrazine groups is 1. The Morgan fingerprint density at radius 1 is 0.409 bits per heavy atom. The number of methoxy groups -OCH3 is 4. The number of nitrogens with zero attached hydrogens (tertiary/aromatic N) is 4. The van der Waals surface area contributed by atoms with Crippen LogP contribution >= 0.6 is 0 Å². The molecule has 0 fully saturated rings. The Labute approximate surface area is 536 Å². The maximum Gasteiger partial charge on any atom is 0.255 e. The van der Waals surface area contributed by atoms with Crippen LogP contribution in [0.5, 0.6) is 23.0 Å². The van der Waals surface area contributed by atoms with Crippen LogP contribution in [0.25, 0.3) is 0 Å². The highest BCUT2D eigenvalue weighted by atomic mass is 16.5. The van der Waals surface area contributed by atoms with Gasteiger partial charge >= 0.3 is 0 Å². The molecule has 93 heavy (non-hydrogen) atoms. The van der Waals surface area contributed by atoms with Gasteiger partial charge in [0.15, 0.2) is 23.8 Å². The number of hydrogen-bond acceptors (Lipinski definition) is 19. The minimum atomic E-state index is -1.21. The van der Waals surface area contributed by atoms with Gasteiger partial charge in [-0.25, -0.2) is 5.43 Å². The van der Waals surface area contributed by atoms with Gasteiger partial charge in [0.05, 0.1) is 56.9 Å². The highest BCUT2D eigenvalue weighted by Gasteiger charge is 2.28. The number of benzene rings is 4. The minimum Gasteiger partial charge on any atom is -0.496 e. The zero-order chi connectivity index (χ0) is 68.7. The summed E-state index contributed by atoms with van der Waals surface area (Å²) in [5.41, 5.74) is 62.3. The standard InChI is InChI=1S/C58H85N23O12/c1-30(48(83)74-32-15-19-44(91-3)36(27-32)49(84)78-39(11-7-23-70-56(63)64)52(87)76-31-14-18-43(90-2)35(26-31)47(60)82)73-54(89)41(13-9-25-72-58(67)68)80-81-42-29-34(17-21-46(42)93-5)77-53(88)40(12-8-24-71-57(65)66)79-50(85)37-28-33(16-20-45(37)92-4)75-51(86)38(59)10-6-22-69-55(61)62/h14-21,26-30,38-41,80-81H,6-13,22-25,59H2,1-5H3,(H2,60,82)(H,73,89)(H,74,83)(H,75,86)(H,76,87)(H,77,88)(H,78,84)(H,79,85)(H4,61,62,69)(H4,63,64,70)(H4,65,66,71)(H4,67,68,72)/t30-,38+,39+,40+,41+/m0/s1. The molecule has 0 spiro atoms. The molecular weight excluding hydrogens is 1210 g/mol. The molecule has 0 aliphatic rings. The van der Waals surface area contributed by atoms with E-state index in [9.17, 15) is 38.4 Å². The first-order valence-corrected chi connectivity index (χ1v) is 28.9. The molecule has 29 N–H and O–H groups in total. The molecular formula is C58H85N23O12. The van der Waals surface area contributed by atoms with Crippen LogP contribution in [0.1, 0.15) is 89.4 Å². The topological polar surface area (TPSA) is 591 Å². The number of guanidine groups is 4. The number of carbonyl (C=O) groups excluding carboxylic acids is 8. The predicted octanol–water partition coefficient (Wildman–Crippen LogP) is -1.80. The number of aliphatic imine (C=N–C) groups is 4. The largest absolute Gasteiger partial charge is 0.496 e. The van der Waals surface area contributed by atoms with E-state index in [4.69, 9.17) is 76.3 Å². The van der Waals surface area contributed by atoms with Gasteiger partial charge in [-0.05, 0) is 131 Å². The summed E-state index contributed by atoms with van der Waals surface area (Å²) in [5.74, 6) is -5.56. The second kappa shape index (κ2) is 37.6.